The lowest BCUT2D eigenvalue weighted by molar-refractivity contribution is 0.0696. The highest BCUT2D eigenvalue weighted by molar-refractivity contribution is 5.97. The first-order valence-electron chi connectivity index (χ1n) is 7.31. The molecule has 1 N–H and O–H groups in total. The molecule has 0 bridgehead atoms. The van der Waals surface area contributed by atoms with Crippen molar-refractivity contribution in [2.75, 3.05) is 7.11 Å². The fourth-order valence-corrected chi connectivity index (χ4v) is 2.65. The van der Waals surface area contributed by atoms with Gasteiger partial charge in [-0.2, -0.15) is 4.98 Å². The third-order valence-electron chi connectivity index (χ3n) is 4.18. The van der Waals surface area contributed by atoms with Crippen molar-refractivity contribution < 1.29 is 19.2 Å². The molecule has 2 aromatic heterocycles. The van der Waals surface area contributed by atoms with Crippen LogP contribution in [0.2, 0.25) is 0 Å². The van der Waals surface area contributed by atoms with E-state index in [-0.39, 0.29) is 11.5 Å². The van der Waals surface area contributed by atoms with Gasteiger partial charge in [0.2, 0.25) is 5.82 Å². The second-order valence-corrected chi connectivity index (χ2v) is 5.44. The standard InChI is InChI=1S/C17H17N3O4/c1-9-13(14(17(21)22)10(2)20(9)3)16-18-15(19-24-16)11-5-7-12(23-4)8-6-11/h5-8H,1-4H3,(H,21,22). The molecule has 24 heavy (non-hydrogen) atoms. The van der Waals surface area contributed by atoms with E-state index in [0.29, 0.717) is 17.1 Å². The van der Waals surface area contributed by atoms with Gasteiger partial charge in [-0.25, -0.2) is 4.79 Å². The lowest BCUT2D eigenvalue weighted by atomic mass is 10.1. The smallest absolute Gasteiger partial charge is 0.338 e. The SMILES string of the molecule is COc1ccc(-c2noc(-c3c(C(=O)O)c(C)n(C)c3C)n2)cc1. The number of carboxylic acids is 1. The van der Waals surface area contributed by atoms with Crippen LogP contribution in [0.5, 0.6) is 5.75 Å². The van der Waals surface area contributed by atoms with Gasteiger partial charge in [0.15, 0.2) is 0 Å². The number of methoxy groups -OCH3 is 1. The van der Waals surface area contributed by atoms with Crippen LogP contribution >= 0.6 is 0 Å². The number of rotatable bonds is 4. The zero-order valence-corrected chi connectivity index (χ0v) is 13.8. The van der Waals surface area contributed by atoms with Crippen LogP contribution in [-0.2, 0) is 7.05 Å². The van der Waals surface area contributed by atoms with Gasteiger partial charge < -0.3 is 18.9 Å². The average molecular weight is 327 g/mol. The van der Waals surface area contributed by atoms with Gasteiger partial charge >= 0.3 is 5.97 Å². The van der Waals surface area contributed by atoms with Crippen LogP contribution in [0.25, 0.3) is 22.8 Å². The maximum atomic E-state index is 11.6. The maximum absolute atomic E-state index is 11.6. The fourth-order valence-electron chi connectivity index (χ4n) is 2.65. The van der Waals surface area contributed by atoms with E-state index in [1.165, 1.54) is 0 Å². The maximum Gasteiger partial charge on any atom is 0.338 e. The summed E-state index contributed by atoms with van der Waals surface area (Å²) in [6.45, 7) is 3.58. The third kappa shape index (κ3) is 2.44. The number of ether oxygens (including phenoxy) is 1. The number of hydrogen-bond acceptors (Lipinski definition) is 5. The first-order valence-corrected chi connectivity index (χ1v) is 7.31. The van der Waals surface area contributed by atoms with Crippen molar-refractivity contribution in [3.63, 3.8) is 0 Å². The van der Waals surface area contributed by atoms with Crippen LogP contribution in [0, 0.1) is 13.8 Å². The minimum atomic E-state index is -1.02. The summed E-state index contributed by atoms with van der Waals surface area (Å²) in [5.74, 6) is 0.296. The summed E-state index contributed by atoms with van der Waals surface area (Å²) in [6, 6.07) is 7.22. The second-order valence-electron chi connectivity index (χ2n) is 5.44. The van der Waals surface area contributed by atoms with Crippen LogP contribution in [-0.4, -0.2) is 32.9 Å². The van der Waals surface area contributed by atoms with Gasteiger partial charge in [0.25, 0.3) is 5.89 Å². The third-order valence-corrected chi connectivity index (χ3v) is 4.18. The first-order chi connectivity index (χ1) is 11.4. The molecule has 0 aliphatic heterocycles. The van der Waals surface area contributed by atoms with E-state index in [9.17, 15) is 9.90 Å². The quantitative estimate of drug-likeness (QED) is 0.792. The van der Waals surface area contributed by atoms with E-state index >= 15 is 0 Å². The molecule has 0 fully saturated rings. The van der Waals surface area contributed by atoms with E-state index in [1.54, 1.807) is 37.8 Å². The summed E-state index contributed by atoms with van der Waals surface area (Å²) < 4.78 is 12.3. The molecule has 0 saturated carbocycles. The monoisotopic (exact) mass is 327 g/mol. The van der Waals surface area contributed by atoms with Gasteiger partial charge in [0.05, 0.1) is 18.2 Å². The predicted octanol–water partition coefficient (Wildman–Crippen LogP) is 3.07. The van der Waals surface area contributed by atoms with Gasteiger partial charge in [-0.3, -0.25) is 0 Å². The molecule has 0 atom stereocenters. The Kier molecular flexibility index (Phi) is 3.84. The summed E-state index contributed by atoms with van der Waals surface area (Å²) >= 11 is 0. The molecular weight excluding hydrogens is 310 g/mol. The topological polar surface area (TPSA) is 90.4 Å². The molecule has 0 aliphatic carbocycles. The zero-order valence-electron chi connectivity index (χ0n) is 13.8. The summed E-state index contributed by atoms with van der Waals surface area (Å²) in [6.07, 6.45) is 0. The van der Waals surface area contributed by atoms with Gasteiger partial charge in [0.1, 0.15) is 5.75 Å². The molecule has 0 aliphatic rings. The Morgan fingerprint density at radius 1 is 1.21 bits per heavy atom. The van der Waals surface area contributed by atoms with Crippen LogP contribution < -0.4 is 4.74 Å². The summed E-state index contributed by atoms with van der Waals surface area (Å²) in [5.41, 5.74) is 2.79. The van der Waals surface area contributed by atoms with Gasteiger partial charge in [-0.05, 0) is 38.1 Å². The van der Waals surface area contributed by atoms with E-state index in [4.69, 9.17) is 9.26 Å². The van der Waals surface area contributed by atoms with Crippen LogP contribution in [0.1, 0.15) is 21.7 Å². The Morgan fingerprint density at radius 2 is 1.88 bits per heavy atom. The molecular formula is C17H17N3O4. The van der Waals surface area contributed by atoms with E-state index in [2.05, 4.69) is 10.1 Å². The van der Waals surface area contributed by atoms with Gasteiger partial charge in [-0.15, -0.1) is 0 Å². The molecule has 7 heteroatoms. The van der Waals surface area contributed by atoms with Crippen molar-refractivity contribution in [1.29, 1.82) is 0 Å². The van der Waals surface area contributed by atoms with Crippen molar-refractivity contribution in [2.45, 2.75) is 13.8 Å². The molecule has 7 nitrogen and oxygen atoms in total. The second kappa shape index (κ2) is 5.84. The molecule has 0 amide bonds. The van der Waals surface area contributed by atoms with Crippen molar-refractivity contribution in [2.24, 2.45) is 7.05 Å². The first kappa shape index (κ1) is 15.8. The Hall–Kier alpha value is -3.09. The lowest BCUT2D eigenvalue weighted by Gasteiger charge is -1.99. The number of aromatic carboxylic acids is 1. The highest BCUT2D eigenvalue weighted by atomic mass is 16.5. The van der Waals surface area contributed by atoms with Crippen molar-refractivity contribution in [3.05, 3.63) is 41.2 Å². The Morgan fingerprint density at radius 3 is 2.46 bits per heavy atom. The summed E-state index contributed by atoms with van der Waals surface area (Å²) in [4.78, 5) is 16.0. The number of carboxylic acid groups (broad SMARTS) is 1. The molecule has 0 radical (unpaired) electrons. The van der Waals surface area contributed by atoms with Crippen molar-refractivity contribution >= 4 is 5.97 Å². The van der Waals surface area contributed by atoms with Crippen molar-refractivity contribution in [3.8, 4) is 28.6 Å². The minimum absolute atomic E-state index is 0.180. The lowest BCUT2D eigenvalue weighted by Crippen LogP contribution is -2.00. The molecule has 0 unspecified atom stereocenters. The van der Waals surface area contributed by atoms with Gasteiger partial charge in [0, 0.05) is 24.0 Å². The molecule has 0 spiro atoms. The van der Waals surface area contributed by atoms with Crippen LogP contribution in [0.4, 0.5) is 0 Å². The van der Waals surface area contributed by atoms with Gasteiger partial charge in [-0.1, -0.05) is 5.16 Å². The largest absolute Gasteiger partial charge is 0.497 e. The molecule has 3 rings (SSSR count). The summed E-state index contributed by atoms with van der Waals surface area (Å²) in [7, 11) is 3.40. The average Bonchev–Trinajstić information content (AvgIpc) is 3.14. The van der Waals surface area contributed by atoms with Crippen LogP contribution in [0.15, 0.2) is 28.8 Å². The fraction of sp³-hybridized carbons (Fsp3) is 0.235. The zero-order chi connectivity index (χ0) is 17.4. The predicted molar refractivity (Wildman–Crippen MR) is 87.1 cm³/mol. The number of carbonyl (C=O) groups is 1. The Balaban J connectivity index is 2.08. The van der Waals surface area contributed by atoms with E-state index in [1.807, 2.05) is 19.1 Å². The highest BCUT2D eigenvalue weighted by Crippen LogP contribution is 2.32. The minimum Gasteiger partial charge on any atom is -0.497 e. The van der Waals surface area contributed by atoms with Crippen LogP contribution in [0.3, 0.4) is 0 Å². The molecule has 2 heterocycles. The summed E-state index contributed by atoms with van der Waals surface area (Å²) in [5, 5.41) is 13.5. The molecule has 0 saturated heterocycles. The number of benzene rings is 1. The highest BCUT2D eigenvalue weighted by Gasteiger charge is 2.26. The Bertz CT molecular complexity index is 907. The number of nitrogens with zero attached hydrogens (tertiary/aromatic N) is 3. The number of hydrogen-bond donors (Lipinski definition) is 1. The molecule has 1 aromatic carbocycles. The molecule has 3 aromatic rings. The molecule has 124 valence electrons. The number of aromatic nitrogens is 3. The van der Waals surface area contributed by atoms with E-state index < -0.39 is 5.97 Å². The Labute approximate surface area is 138 Å². The normalized spacial score (nSPS) is 10.8. The van der Waals surface area contributed by atoms with Crippen molar-refractivity contribution in [1.82, 2.24) is 14.7 Å². The van der Waals surface area contributed by atoms with E-state index in [0.717, 1.165) is 17.0 Å².